The Morgan fingerprint density at radius 2 is 2.07 bits per heavy atom. The van der Waals surface area contributed by atoms with Crippen LogP contribution in [0, 0.1) is 5.92 Å². The molecule has 84 valence electrons. The summed E-state index contributed by atoms with van der Waals surface area (Å²) in [4.78, 5) is 0. The van der Waals surface area contributed by atoms with Gasteiger partial charge in [0.2, 0.25) is 10.0 Å². The third kappa shape index (κ3) is 2.27. The zero-order chi connectivity index (χ0) is 10.8. The second-order valence-corrected chi connectivity index (χ2v) is 6.23. The summed E-state index contributed by atoms with van der Waals surface area (Å²) in [5.41, 5.74) is 5.63. The molecule has 0 aliphatic heterocycles. The van der Waals surface area contributed by atoms with Gasteiger partial charge >= 0.3 is 0 Å². The first-order chi connectivity index (χ1) is 6.53. The van der Waals surface area contributed by atoms with Crippen LogP contribution in [-0.4, -0.2) is 38.1 Å². The summed E-state index contributed by atoms with van der Waals surface area (Å²) in [7, 11) is -1.37. The predicted molar refractivity (Wildman–Crippen MR) is 57.4 cm³/mol. The van der Waals surface area contributed by atoms with Crippen molar-refractivity contribution in [3.05, 3.63) is 0 Å². The number of hydrogen-bond acceptors (Lipinski definition) is 3. The maximum absolute atomic E-state index is 11.6. The Morgan fingerprint density at radius 1 is 1.43 bits per heavy atom. The first-order valence-corrected chi connectivity index (χ1v) is 6.79. The van der Waals surface area contributed by atoms with Gasteiger partial charge in [0, 0.05) is 13.1 Å². The molecule has 0 bridgehead atoms. The fourth-order valence-corrected chi connectivity index (χ4v) is 3.28. The highest BCUT2D eigenvalue weighted by atomic mass is 32.2. The molecule has 1 aliphatic rings. The fraction of sp³-hybridized carbons (Fsp3) is 1.00. The molecule has 0 aromatic carbocycles. The minimum absolute atomic E-state index is 0.130. The second kappa shape index (κ2) is 4.59. The average molecular weight is 220 g/mol. The van der Waals surface area contributed by atoms with E-state index in [0.29, 0.717) is 12.5 Å². The van der Waals surface area contributed by atoms with Gasteiger partial charge in [-0.25, -0.2) is 12.7 Å². The van der Waals surface area contributed by atoms with E-state index in [2.05, 4.69) is 0 Å². The largest absolute Gasteiger partial charge is 0.330 e. The molecule has 1 fully saturated rings. The number of hydrogen-bond donors (Lipinski definition) is 1. The summed E-state index contributed by atoms with van der Waals surface area (Å²) in [5, 5.41) is 0. The van der Waals surface area contributed by atoms with Gasteiger partial charge in [0.15, 0.2) is 0 Å². The van der Waals surface area contributed by atoms with E-state index in [9.17, 15) is 8.42 Å². The van der Waals surface area contributed by atoms with E-state index in [1.54, 1.807) is 14.0 Å². The number of nitrogens with zero attached hydrogens (tertiary/aromatic N) is 1. The van der Waals surface area contributed by atoms with Crippen molar-refractivity contribution < 1.29 is 8.42 Å². The van der Waals surface area contributed by atoms with Crippen molar-refractivity contribution >= 4 is 10.0 Å². The van der Waals surface area contributed by atoms with E-state index in [4.69, 9.17) is 5.73 Å². The minimum Gasteiger partial charge on any atom is -0.330 e. The molecule has 0 spiro atoms. The van der Waals surface area contributed by atoms with Gasteiger partial charge in [-0.15, -0.1) is 0 Å². The molecular formula is C9H20N2O2S. The van der Waals surface area contributed by atoms with Gasteiger partial charge in [-0.1, -0.05) is 6.42 Å². The van der Waals surface area contributed by atoms with Crippen LogP contribution in [0.3, 0.4) is 0 Å². The SMILES string of the molecule is CCS(=O)(=O)N(C)C1CCCC1CN. The van der Waals surface area contributed by atoms with Gasteiger partial charge in [0.05, 0.1) is 5.75 Å². The van der Waals surface area contributed by atoms with Crippen LogP contribution in [0.15, 0.2) is 0 Å². The van der Waals surface area contributed by atoms with E-state index < -0.39 is 10.0 Å². The van der Waals surface area contributed by atoms with Crippen LogP contribution in [0.25, 0.3) is 0 Å². The number of rotatable bonds is 4. The highest BCUT2D eigenvalue weighted by Crippen LogP contribution is 2.29. The molecule has 0 aromatic rings. The average Bonchev–Trinajstić information content (AvgIpc) is 2.64. The number of nitrogens with two attached hydrogens (primary N) is 1. The summed E-state index contributed by atoms with van der Waals surface area (Å²) in [6.07, 6.45) is 3.11. The Balaban J connectivity index is 2.73. The normalized spacial score (nSPS) is 28.6. The van der Waals surface area contributed by atoms with Crippen LogP contribution < -0.4 is 5.73 Å². The third-order valence-electron chi connectivity index (χ3n) is 3.19. The monoisotopic (exact) mass is 220 g/mol. The molecule has 4 nitrogen and oxygen atoms in total. The predicted octanol–water partition coefficient (Wildman–Crippen LogP) is 0.395. The van der Waals surface area contributed by atoms with Crippen molar-refractivity contribution in [2.75, 3.05) is 19.3 Å². The maximum Gasteiger partial charge on any atom is 0.213 e. The van der Waals surface area contributed by atoms with Crippen LogP contribution in [0.4, 0.5) is 0 Å². The lowest BCUT2D eigenvalue weighted by Crippen LogP contribution is -2.42. The Labute approximate surface area is 86.5 Å². The minimum atomic E-state index is -3.05. The molecule has 14 heavy (non-hydrogen) atoms. The van der Waals surface area contributed by atoms with E-state index in [1.165, 1.54) is 4.31 Å². The van der Waals surface area contributed by atoms with Gasteiger partial charge in [-0.2, -0.15) is 0 Å². The van der Waals surface area contributed by atoms with Crippen LogP contribution in [-0.2, 0) is 10.0 Å². The zero-order valence-corrected chi connectivity index (χ0v) is 9.76. The van der Waals surface area contributed by atoms with Crippen LogP contribution >= 0.6 is 0 Å². The van der Waals surface area contributed by atoms with Crippen molar-refractivity contribution in [2.45, 2.75) is 32.2 Å². The molecule has 2 atom stereocenters. The van der Waals surface area contributed by atoms with Crippen LogP contribution in [0.2, 0.25) is 0 Å². The second-order valence-electron chi connectivity index (χ2n) is 3.91. The first-order valence-electron chi connectivity index (χ1n) is 5.18. The summed E-state index contributed by atoms with van der Waals surface area (Å²) in [5.74, 6) is 0.526. The smallest absolute Gasteiger partial charge is 0.213 e. The van der Waals surface area contributed by atoms with Crippen LogP contribution in [0.5, 0.6) is 0 Å². The third-order valence-corrected chi connectivity index (χ3v) is 5.07. The lowest BCUT2D eigenvalue weighted by Gasteiger charge is -2.27. The van der Waals surface area contributed by atoms with Gasteiger partial charge < -0.3 is 5.73 Å². The molecule has 5 heteroatoms. The van der Waals surface area contributed by atoms with E-state index in [0.717, 1.165) is 19.3 Å². The van der Waals surface area contributed by atoms with Crippen molar-refractivity contribution in [1.82, 2.24) is 4.31 Å². The van der Waals surface area contributed by atoms with Gasteiger partial charge in [-0.05, 0) is 32.2 Å². The molecule has 1 aliphatic carbocycles. The van der Waals surface area contributed by atoms with Crippen molar-refractivity contribution in [3.63, 3.8) is 0 Å². The molecule has 0 aromatic heterocycles. The molecule has 1 rings (SSSR count). The highest BCUT2D eigenvalue weighted by Gasteiger charge is 2.34. The van der Waals surface area contributed by atoms with Gasteiger partial charge in [0.1, 0.15) is 0 Å². The molecule has 0 radical (unpaired) electrons. The molecule has 1 saturated carbocycles. The van der Waals surface area contributed by atoms with Crippen molar-refractivity contribution in [1.29, 1.82) is 0 Å². The van der Waals surface area contributed by atoms with Crippen molar-refractivity contribution in [2.24, 2.45) is 11.7 Å². The molecule has 0 heterocycles. The summed E-state index contributed by atoms with van der Waals surface area (Å²) in [6, 6.07) is 0.130. The zero-order valence-electron chi connectivity index (χ0n) is 8.94. The molecule has 2 N–H and O–H groups in total. The Kier molecular flexibility index (Phi) is 3.92. The van der Waals surface area contributed by atoms with E-state index >= 15 is 0 Å². The summed E-state index contributed by atoms with van der Waals surface area (Å²) < 4.78 is 24.8. The van der Waals surface area contributed by atoms with E-state index in [-0.39, 0.29) is 11.8 Å². The standard InChI is InChI=1S/C9H20N2O2S/c1-3-14(12,13)11(2)9-6-4-5-8(9)7-10/h8-9H,3-7,10H2,1-2H3. The molecule has 2 unspecified atom stereocenters. The van der Waals surface area contributed by atoms with E-state index in [1.807, 2.05) is 0 Å². The highest BCUT2D eigenvalue weighted by molar-refractivity contribution is 7.89. The fourth-order valence-electron chi connectivity index (χ4n) is 2.18. The van der Waals surface area contributed by atoms with Crippen molar-refractivity contribution in [3.8, 4) is 0 Å². The quantitative estimate of drug-likeness (QED) is 0.745. The molecular weight excluding hydrogens is 200 g/mol. The lowest BCUT2D eigenvalue weighted by molar-refractivity contribution is 0.304. The Morgan fingerprint density at radius 3 is 2.57 bits per heavy atom. The summed E-state index contributed by atoms with van der Waals surface area (Å²) >= 11 is 0. The molecule has 0 saturated heterocycles. The maximum atomic E-state index is 11.6. The van der Waals surface area contributed by atoms with Gasteiger partial charge in [-0.3, -0.25) is 0 Å². The topological polar surface area (TPSA) is 63.4 Å². The molecule has 0 amide bonds. The summed E-state index contributed by atoms with van der Waals surface area (Å²) in [6.45, 7) is 2.27. The Bertz CT molecular complexity index is 277. The first kappa shape index (κ1) is 11.9. The lowest BCUT2D eigenvalue weighted by atomic mass is 10.0. The Hall–Kier alpha value is -0.130. The van der Waals surface area contributed by atoms with Gasteiger partial charge in [0.25, 0.3) is 0 Å². The van der Waals surface area contributed by atoms with Crippen LogP contribution in [0.1, 0.15) is 26.2 Å². The number of sulfonamides is 1.